The Hall–Kier alpha value is -2.18. The van der Waals surface area contributed by atoms with Crippen molar-refractivity contribution in [2.24, 2.45) is 0 Å². The zero-order chi connectivity index (χ0) is 19.9. The second-order valence-corrected chi connectivity index (χ2v) is 8.45. The normalized spacial score (nSPS) is 12.7. The van der Waals surface area contributed by atoms with E-state index in [1.54, 1.807) is 26.0 Å². The Kier molecular flexibility index (Phi) is 7.56. The second-order valence-electron chi connectivity index (χ2n) is 6.52. The van der Waals surface area contributed by atoms with E-state index >= 15 is 0 Å². The summed E-state index contributed by atoms with van der Waals surface area (Å²) in [5.74, 6) is -0.257. The van der Waals surface area contributed by atoms with Gasteiger partial charge in [0, 0.05) is 24.7 Å². The number of nitrogens with one attached hydrogen (secondary N) is 1. The average molecular weight is 389 g/mol. The van der Waals surface area contributed by atoms with Crippen LogP contribution in [0, 0.1) is 0 Å². The maximum Gasteiger partial charge on any atom is 0.251 e. The van der Waals surface area contributed by atoms with E-state index in [1.807, 2.05) is 25.1 Å². The van der Waals surface area contributed by atoms with Gasteiger partial charge in [-0.3, -0.25) is 4.79 Å². The molecule has 0 saturated heterocycles. The highest BCUT2D eigenvalue weighted by Crippen LogP contribution is 2.17. The Bertz CT molecular complexity index is 847. The van der Waals surface area contributed by atoms with Crippen LogP contribution in [0.3, 0.4) is 0 Å². The van der Waals surface area contributed by atoms with Crippen molar-refractivity contribution in [3.05, 3.63) is 65.7 Å². The summed E-state index contributed by atoms with van der Waals surface area (Å²) in [6, 6.07) is 16.3. The summed E-state index contributed by atoms with van der Waals surface area (Å²) >= 11 is 0. The first-order valence-electron chi connectivity index (χ1n) is 9.33. The molecule has 1 atom stereocenters. The summed E-state index contributed by atoms with van der Waals surface area (Å²) in [6.07, 6.45) is 1.69. The van der Waals surface area contributed by atoms with Gasteiger partial charge in [-0.15, -0.1) is 0 Å². The zero-order valence-corrected chi connectivity index (χ0v) is 17.0. The lowest BCUT2D eigenvalue weighted by molar-refractivity contribution is 0.0938. The highest BCUT2D eigenvalue weighted by Gasteiger charge is 2.22. The monoisotopic (exact) mass is 388 g/mol. The lowest BCUT2D eigenvalue weighted by Crippen LogP contribution is -2.33. The first kappa shape index (κ1) is 21.1. The van der Waals surface area contributed by atoms with Crippen molar-refractivity contribution in [2.75, 3.05) is 13.1 Å². The smallest absolute Gasteiger partial charge is 0.251 e. The van der Waals surface area contributed by atoms with Gasteiger partial charge in [0.05, 0.1) is 4.90 Å². The molecule has 0 bridgehead atoms. The largest absolute Gasteiger partial charge is 0.350 e. The minimum Gasteiger partial charge on any atom is -0.350 e. The summed E-state index contributed by atoms with van der Waals surface area (Å²) in [6.45, 7) is 6.34. The molecule has 0 aliphatic rings. The fourth-order valence-corrected chi connectivity index (χ4v) is 4.42. The number of aryl methyl sites for hydroxylation is 1. The third-order valence-electron chi connectivity index (χ3n) is 4.53. The predicted molar refractivity (Wildman–Crippen MR) is 108 cm³/mol. The standard InChI is InChI=1S/C21H28N2O3S/c1-4-23(5-2)27(25,26)20-13-9-12-19(16-20)21(24)22-17(3)14-15-18-10-7-6-8-11-18/h6-13,16-17H,4-5,14-15H2,1-3H3,(H,22,24). The van der Waals surface area contributed by atoms with Gasteiger partial charge in [0.15, 0.2) is 0 Å². The molecular weight excluding hydrogens is 360 g/mol. The summed E-state index contributed by atoms with van der Waals surface area (Å²) in [4.78, 5) is 12.7. The minimum atomic E-state index is -3.58. The number of amides is 1. The van der Waals surface area contributed by atoms with Gasteiger partial charge in [0.25, 0.3) is 5.91 Å². The molecule has 0 aliphatic heterocycles. The molecule has 0 fully saturated rings. The van der Waals surface area contributed by atoms with Crippen LogP contribution in [-0.4, -0.2) is 37.8 Å². The van der Waals surface area contributed by atoms with Gasteiger partial charge >= 0.3 is 0 Å². The minimum absolute atomic E-state index is 0.0132. The van der Waals surface area contributed by atoms with Crippen LogP contribution in [0.15, 0.2) is 59.5 Å². The van der Waals surface area contributed by atoms with Gasteiger partial charge < -0.3 is 5.32 Å². The van der Waals surface area contributed by atoms with Crippen LogP contribution in [-0.2, 0) is 16.4 Å². The first-order chi connectivity index (χ1) is 12.9. The number of benzene rings is 2. The van der Waals surface area contributed by atoms with Gasteiger partial charge in [-0.1, -0.05) is 50.2 Å². The molecule has 2 aromatic carbocycles. The predicted octanol–water partition coefficient (Wildman–Crippen LogP) is 3.47. The molecule has 1 unspecified atom stereocenters. The number of carbonyl (C=O) groups excluding carboxylic acids is 1. The van der Waals surface area contributed by atoms with Gasteiger partial charge in [0.1, 0.15) is 0 Å². The molecule has 2 rings (SSSR count). The van der Waals surface area contributed by atoms with E-state index < -0.39 is 10.0 Å². The van der Waals surface area contributed by atoms with Crippen LogP contribution in [0.2, 0.25) is 0 Å². The Morgan fingerprint density at radius 3 is 2.33 bits per heavy atom. The summed E-state index contributed by atoms with van der Waals surface area (Å²) in [5.41, 5.74) is 1.58. The van der Waals surface area contributed by atoms with Crippen LogP contribution in [0.4, 0.5) is 0 Å². The molecule has 6 heteroatoms. The molecule has 2 aromatic rings. The molecular formula is C21H28N2O3S. The van der Waals surface area contributed by atoms with Crippen LogP contribution in [0.25, 0.3) is 0 Å². The van der Waals surface area contributed by atoms with Gasteiger partial charge in [0.2, 0.25) is 10.0 Å². The number of sulfonamides is 1. The zero-order valence-electron chi connectivity index (χ0n) is 16.2. The fourth-order valence-electron chi connectivity index (χ4n) is 2.92. The van der Waals surface area contributed by atoms with Crippen molar-refractivity contribution < 1.29 is 13.2 Å². The molecule has 1 N–H and O–H groups in total. The quantitative estimate of drug-likeness (QED) is 0.715. The van der Waals surface area contributed by atoms with Crippen LogP contribution < -0.4 is 5.32 Å². The third-order valence-corrected chi connectivity index (χ3v) is 6.57. The summed E-state index contributed by atoms with van der Waals surface area (Å²) in [5, 5.41) is 2.95. The molecule has 27 heavy (non-hydrogen) atoms. The van der Waals surface area contributed by atoms with E-state index in [9.17, 15) is 13.2 Å². The number of rotatable bonds is 9. The Balaban J connectivity index is 2.04. The van der Waals surface area contributed by atoms with E-state index in [0.717, 1.165) is 12.8 Å². The SMILES string of the molecule is CCN(CC)S(=O)(=O)c1cccc(C(=O)NC(C)CCc2ccccc2)c1. The van der Waals surface area contributed by atoms with Crippen molar-refractivity contribution in [2.45, 2.75) is 44.6 Å². The molecule has 0 heterocycles. The molecule has 0 radical (unpaired) electrons. The molecule has 1 amide bonds. The summed E-state index contributed by atoms with van der Waals surface area (Å²) in [7, 11) is -3.58. The first-order valence-corrected chi connectivity index (χ1v) is 10.8. The van der Waals surface area contributed by atoms with E-state index in [4.69, 9.17) is 0 Å². The van der Waals surface area contributed by atoms with Crippen molar-refractivity contribution >= 4 is 15.9 Å². The van der Waals surface area contributed by atoms with Crippen molar-refractivity contribution in [3.63, 3.8) is 0 Å². The second kappa shape index (κ2) is 9.67. The number of hydrogen-bond donors (Lipinski definition) is 1. The third kappa shape index (κ3) is 5.65. The Morgan fingerprint density at radius 2 is 1.70 bits per heavy atom. The van der Waals surface area contributed by atoms with Gasteiger partial charge in [-0.2, -0.15) is 4.31 Å². The summed E-state index contributed by atoms with van der Waals surface area (Å²) < 4.78 is 26.7. The van der Waals surface area contributed by atoms with E-state index in [2.05, 4.69) is 17.4 Å². The van der Waals surface area contributed by atoms with E-state index in [1.165, 1.54) is 22.0 Å². The maximum atomic E-state index is 12.6. The molecule has 0 saturated carbocycles. The fraction of sp³-hybridized carbons (Fsp3) is 0.381. The Labute approximate surface area is 162 Å². The Morgan fingerprint density at radius 1 is 1.04 bits per heavy atom. The lowest BCUT2D eigenvalue weighted by atomic mass is 10.1. The van der Waals surface area contributed by atoms with Gasteiger partial charge in [-0.25, -0.2) is 8.42 Å². The molecule has 0 aliphatic carbocycles. The molecule has 146 valence electrons. The number of carbonyl (C=O) groups is 1. The highest BCUT2D eigenvalue weighted by atomic mass is 32.2. The lowest BCUT2D eigenvalue weighted by Gasteiger charge is -2.19. The maximum absolute atomic E-state index is 12.6. The van der Waals surface area contributed by atoms with Gasteiger partial charge in [-0.05, 0) is 43.5 Å². The number of hydrogen-bond acceptors (Lipinski definition) is 3. The molecule has 0 spiro atoms. The molecule has 0 aromatic heterocycles. The van der Waals surface area contributed by atoms with Crippen LogP contribution >= 0.6 is 0 Å². The number of nitrogens with zero attached hydrogens (tertiary/aromatic N) is 1. The van der Waals surface area contributed by atoms with E-state index in [-0.39, 0.29) is 16.8 Å². The van der Waals surface area contributed by atoms with Crippen LogP contribution in [0.1, 0.15) is 43.1 Å². The van der Waals surface area contributed by atoms with Crippen molar-refractivity contribution in [3.8, 4) is 0 Å². The molecule has 5 nitrogen and oxygen atoms in total. The highest BCUT2D eigenvalue weighted by molar-refractivity contribution is 7.89. The van der Waals surface area contributed by atoms with E-state index in [0.29, 0.717) is 18.7 Å². The van der Waals surface area contributed by atoms with Crippen molar-refractivity contribution in [1.29, 1.82) is 0 Å². The van der Waals surface area contributed by atoms with Crippen LogP contribution in [0.5, 0.6) is 0 Å². The topological polar surface area (TPSA) is 66.5 Å². The average Bonchev–Trinajstić information content (AvgIpc) is 2.68. The van der Waals surface area contributed by atoms with Crippen molar-refractivity contribution in [1.82, 2.24) is 9.62 Å².